The number of hydrogen-bond acceptors (Lipinski definition) is 16. The zero-order valence-corrected chi connectivity index (χ0v) is 35.0. The van der Waals surface area contributed by atoms with Crippen LogP contribution in [0.15, 0.2) is 53.9 Å². The number of amides is 2. The number of halogens is 2. The number of nitrogens with one attached hydrogen (secondary N) is 1. The molecule has 0 radical (unpaired) electrons. The van der Waals surface area contributed by atoms with Crippen molar-refractivity contribution >= 4 is 50.8 Å². The van der Waals surface area contributed by atoms with Gasteiger partial charge in [0.05, 0.1) is 42.2 Å². The predicted molar refractivity (Wildman–Crippen MR) is 222 cm³/mol. The Hall–Kier alpha value is -6.35. The normalized spacial score (nSPS) is 13.5. The molecule has 61 heavy (non-hydrogen) atoms. The average molecular weight is 869 g/mol. The summed E-state index contributed by atoms with van der Waals surface area (Å²) in [4.78, 5) is 67.0. The number of nitrogen functional groups attached to an aromatic ring is 2. The van der Waals surface area contributed by atoms with Gasteiger partial charge in [0.1, 0.15) is 34.8 Å². The quantitative estimate of drug-likeness (QED) is 0.0716. The fourth-order valence-electron chi connectivity index (χ4n) is 6.13. The highest BCUT2D eigenvalue weighted by Gasteiger charge is 2.24. The highest BCUT2D eigenvalue weighted by molar-refractivity contribution is 7.91. The number of nitrogens with two attached hydrogens (primary N) is 3. The van der Waals surface area contributed by atoms with Gasteiger partial charge in [-0.3, -0.25) is 19.2 Å². The molecule has 0 atom stereocenters. The van der Waals surface area contributed by atoms with E-state index >= 15 is 0 Å². The van der Waals surface area contributed by atoms with Gasteiger partial charge in [0.25, 0.3) is 0 Å². The zero-order chi connectivity index (χ0) is 44.7. The summed E-state index contributed by atoms with van der Waals surface area (Å²) in [5.41, 5.74) is 16.8. The number of sulfone groups is 1. The number of ether oxygens (including phenoxy) is 2. The van der Waals surface area contributed by atoms with Gasteiger partial charge in [-0.1, -0.05) is 6.92 Å². The highest BCUT2D eigenvalue weighted by Crippen LogP contribution is 2.26. The number of anilines is 3. The molecule has 2 aromatic heterocycles. The van der Waals surface area contributed by atoms with Crippen LogP contribution in [0.5, 0.6) is 11.5 Å². The molecule has 0 aliphatic carbocycles. The van der Waals surface area contributed by atoms with Crippen molar-refractivity contribution in [3.05, 3.63) is 82.7 Å². The minimum atomic E-state index is -3.65. The van der Waals surface area contributed by atoms with E-state index in [4.69, 9.17) is 26.7 Å². The Morgan fingerprint density at radius 2 is 1.26 bits per heavy atom. The van der Waals surface area contributed by atoms with E-state index in [0.717, 1.165) is 76.1 Å². The first-order chi connectivity index (χ1) is 29.1. The maximum Gasteiger partial charge on any atom is 0.249 e. The van der Waals surface area contributed by atoms with Crippen LogP contribution in [-0.2, 0) is 19.4 Å². The standard InChI is InChI=1S/C19H22FN5O3.C14H14FN3O4S.C7H14N2O/c1-28-15-6-5-12(20)10-13(15)17(27)14-11-23-19(24-18(14)21)22-7-3-9-25-8-2-4-16(25)26;1-3-23(20,21)14-17-7-10(13(16)18-14)12(19)9-6-8(15)4-5-11(9)22-2;8-4-2-6-9-5-1-3-7(9)10/h5-6,10-11H,2-4,7-9H2,1H3,(H3,21,22,23,24);4-7H,3H2,1-2H3,(H2,16,17,18);1-6,8H2. The molecule has 2 fully saturated rings. The van der Waals surface area contributed by atoms with E-state index in [1.54, 1.807) is 0 Å². The Kier molecular flexibility index (Phi) is 17.3. The molecule has 4 aromatic rings. The summed E-state index contributed by atoms with van der Waals surface area (Å²) in [6.45, 7) is 5.97. The number of carbonyl (C=O) groups excluding carboxylic acids is 4. The van der Waals surface area contributed by atoms with Crippen molar-refractivity contribution in [3.8, 4) is 11.5 Å². The Bertz CT molecular complexity index is 2320. The van der Waals surface area contributed by atoms with Crippen LogP contribution in [-0.4, -0.2) is 121 Å². The van der Waals surface area contributed by atoms with Gasteiger partial charge in [0.2, 0.25) is 44.3 Å². The molecule has 2 aliphatic rings. The van der Waals surface area contributed by atoms with Gasteiger partial charge >= 0.3 is 0 Å². The fraction of sp³-hybridized carbons (Fsp3) is 0.400. The number of benzene rings is 2. The summed E-state index contributed by atoms with van der Waals surface area (Å²) in [5.74, 6) is -1.71. The summed E-state index contributed by atoms with van der Waals surface area (Å²) in [6, 6.07) is 7.12. The van der Waals surface area contributed by atoms with Crippen molar-refractivity contribution in [2.24, 2.45) is 5.73 Å². The maximum absolute atomic E-state index is 13.5. The molecule has 2 amide bonds. The third-order valence-electron chi connectivity index (χ3n) is 9.44. The second kappa shape index (κ2) is 22.3. The van der Waals surface area contributed by atoms with E-state index in [2.05, 4.69) is 25.3 Å². The SMILES string of the molecule is CCS(=O)(=O)c1ncc(C(=O)c2cc(F)ccc2OC)c(N)n1.COc1ccc(F)cc1C(=O)c1cnc(NCCCN2CCCC2=O)nc1N.NCCCN1CCCC1=O. The van der Waals surface area contributed by atoms with Crippen molar-refractivity contribution in [3.63, 3.8) is 0 Å². The van der Waals surface area contributed by atoms with Crippen molar-refractivity contribution in [1.82, 2.24) is 29.7 Å². The van der Waals surface area contributed by atoms with Crippen LogP contribution in [0.2, 0.25) is 0 Å². The average Bonchev–Trinajstić information content (AvgIpc) is 3.87. The number of ketones is 2. The molecule has 2 saturated heterocycles. The summed E-state index contributed by atoms with van der Waals surface area (Å²) in [5, 5.41) is 2.57. The summed E-state index contributed by atoms with van der Waals surface area (Å²) in [7, 11) is -0.916. The smallest absolute Gasteiger partial charge is 0.249 e. The van der Waals surface area contributed by atoms with Gasteiger partial charge < -0.3 is 41.8 Å². The topological polar surface area (TPSA) is 269 Å². The molecule has 18 nitrogen and oxygen atoms in total. The molecule has 4 heterocycles. The largest absolute Gasteiger partial charge is 0.496 e. The monoisotopic (exact) mass is 868 g/mol. The first-order valence-electron chi connectivity index (χ1n) is 19.4. The second-order valence-electron chi connectivity index (χ2n) is 13.6. The number of rotatable bonds is 16. The molecule has 21 heteroatoms. The first-order valence-corrected chi connectivity index (χ1v) is 21.0. The first kappa shape index (κ1) is 47.3. The molecule has 2 aliphatic heterocycles. The number of carbonyl (C=O) groups is 4. The Balaban J connectivity index is 0.000000222. The lowest BCUT2D eigenvalue weighted by Gasteiger charge is -2.15. The Morgan fingerprint density at radius 3 is 1.69 bits per heavy atom. The molecule has 2 aromatic carbocycles. The number of nitrogens with zero attached hydrogens (tertiary/aromatic N) is 6. The van der Waals surface area contributed by atoms with Gasteiger partial charge in [-0.25, -0.2) is 32.2 Å². The van der Waals surface area contributed by atoms with Gasteiger partial charge in [0, 0.05) is 58.0 Å². The summed E-state index contributed by atoms with van der Waals surface area (Å²) >= 11 is 0. The van der Waals surface area contributed by atoms with Crippen molar-refractivity contribution in [1.29, 1.82) is 0 Å². The van der Waals surface area contributed by atoms with Crippen LogP contribution in [0.4, 0.5) is 26.4 Å². The minimum absolute atomic E-state index is 0.0106. The third kappa shape index (κ3) is 12.8. The summed E-state index contributed by atoms with van der Waals surface area (Å²) in [6.07, 6.45) is 7.31. The van der Waals surface area contributed by atoms with Gasteiger partial charge in [0.15, 0.2) is 0 Å². The molecule has 0 unspecified atom stereocenters. The molecule has 6 rings (SSSR count). The molecule has 0 saturated carbocycles. The zero-order valence-electron chi connectivity index (χ0n) is 34.2. The van der Waals surface area contributed by atoms with Crippen LogP contribution in [0.3, 0.4) is 0 Å². The third-order valence-corrected chi connectivity index (χ3v) is 11.0. The molecule has 328 valence electrons. The lowest BCUT2D eigenvalue weighted by molar-refractivity contribution is -0.128. The van der Waals surface area contributed by atoms with Gasteiger partial charge in [-0.2, -0.15) is 4.98 Å². The molecule has 0 bridgehead atoms. The van der Waals surface area contributed by atoms with Crippen LogP contribution in [0, 0.1) is 11.6 Å². The fourth-order valence-corrected chi connectivity index (χ4v) is 6.83. The number of likely N-dealkylation sites (tertiary alicyclic amines) is 2. The summed E-state index contributed by atoms with van der Waals surface area (Å²) < 4.78 is 60.5. The molecule has 0 spiro atoms. The number of aromatic nitrogens is 4. The number of methoxy groups -OCH3 is 2. The Morgan fingerprint density at radius 1 is 0.770 bits per heavy atom. The van der Waals surface area contributed by atoms with E-state index in [-0.39, 0.29) is 63.0 Å². The van der Waals surface area contributed by atoms with Crippen molar-refractivity contribution in [2.45, 2.75) is 50.6 Å². The second-order valence-corrected chi connectivity index (χ2v) is 15.8. The molecule has 7 N–H and O–H groups in total. The van der Waals surface area contributed by atoms with Crippen LogP contribution >= 0.6 is 0 Å². The van der Waals surface area contributed by atoms with Crippen molar-refractivity contribution in [2.75, 3.05) is 76.0 Å². The van der Waals surface area contributed by atoms with Crippen molar-refractivity contribution < 1.29 is 45.9 Å². The highest BCUT2D eigenvalue weighted by atomic mass is 32.2. The maximum atomic E-state index is 13.5. The van der Waals surface area contributed by atoms with E-state index in [1.165, 1.54) is 45.5 Å². The van der Waals surface area contributed by atoms with E-state index in [0.29, 0.717) is 32.0 Å². The Labute approximate surface area is 352 Å². The predicted octanol–water partition coefficient (Wildman–Crippen LogP) is 3.05. The van der Waals surface area contributed by atoms with Crippen LogP contribution in [0.1, 0.15) is 77.3 Å². The van der Waals surface area contributed by atoms with E-state index in [1.807, 2.05) is 9.80 Å². The molecular formula is C40H50F2N10O8S. The molecular weight excluding hydrogens is 819 g/mol. The van der Waals surface area contributed by atoms with Crippen LogP contribution in [0.25, 0.3) is 0 Å². The minimum Gasteiger partial charge on any atom is -0.496 e. The van der Waals surface area contributed by atoms with E-state index in [9.17, 15) is 36.4 Å². The van der Waals surface area contributed by atoms with E-state index < -0.39 is 38.2 Å². The van der Waals surface area contributed by atoms with Crippen LogP contribution < -0.4 is 32.0 Å². The van der Waals surface area contributed by atoms with Gasteiger partial charge in [-0.15, -0.1) is 0 Å². The lowest BCUT2D eigenvalue weighted by atomic mass is 10.0. The number of hydrogen-bond donors (Lipinski definition) is 4. The van der Waals surface area contributed by atoms with Gasteiger partial charge in [-0.05, 0) is 68.6 Å². The lowest BCUT2D eigenvalue weighted by Crippen LogP contribution is -2.27.